The summed E-state index contributed by atoms with van der Waals surface area (Å²) < 4.78 is 2.29. The summed E-state index contributed by atoms with van der Waals surface area (Å²) in [6.07, 6.45) is 1.38. The fourth-order valence-corrected chi connectivity index (χ4v) is 4.48. The summed E-state index contributed by atoms with van der Waals surface area (Å²) in [7, 11) is 0. The maximum atomic E-state index is 12.8. The van der Waals surface area contributed by atoms with Crippen molar-refractivity contribution in [3.63, 3.8) is 0 Å². The first-order chi connectivity index (χ1) is 14.7. The van der Waals surface area contributed by atoms with Crippen LogP contribution < -0.4 is 4.90 Å². The number of imidazole rings is 1. The summed E-state index contributed by atoms with van der Waals surface area (Å²) in [4.78, 5) is 19.6. The number of fused-ring (bicyclic) bond motifs is 1. The van der Waals surface area contributed by atoms with Gasteiger partial charge >= 0.3 is 0 Å². The lowest BCUT2D eigenvalue weighted by atomic mass is 10.1. The molecule has 2 heterocycles. The first kappa shape index (κ1) is 18.9. The first-order valence-corrected chi connectivity index (χ1v) is 10.6. The molecule has 5 heteroatoms. The van der Waals surface area contributed by atoms with Crippen molar-refractivity contribution in [2.24, 2.45) is 0 Å². The van der Waals surface area contributed by atoms with E-state index in [0.717, 1.165) is 35.5 Å². The van der Waals surface area contributed by atoms with Crippen molar-refractivity contribution in [3.8, 4) is 0 Å². The molecule has 1 fully saturated rings. The molecule has 4 aromatic rings. The summed E-state index contributed by atoms with van der Waals surface area (Å²) in [5, 5.41) is 0.638. The largest absolute Gasteiger partial charge is 0.327 e. The number of aromatic nitrogens is 2. The Balaban J connectivity index is 1.47. The van der Waals surface area contributed by atoms with Gasteiger partial charge in [-0.15, -0.1) is 0 Å². The Morgan fingerprint density at radius 1 is 0.967 bits per heavy atom. The summed E-state index contributed by atoms with van der Waals surface area (Å²) in [6.45, 7) is 1.45. The summed E-state index contributed by atoms with van der Waals surface area (Å²) in [5.41, 5.74) is 4.25. The van der Waals surface area contributed by atoms with Crippen LogP contribution in [-0.4, -0.2) is 22.0 Å². The highest BCUT2D eigenvalue weighted by Crippen LogP contribution is 2.34. The number of hydrogen-bond donors (Lipinski definition) is 0. The van der Waals surface area contributed by atoms with Gasteiger partial charge in [0.05, 0.1) is 11.0 Å². The van der Waals surface area contributed by atoms with Crippen LogP contribution in [0.2, 0.25) is 5.02 Å². The average Bonchev–Trinajstić information content (AvgIpc) is 3.33. The zero-order chi connectivity index (χ0) is 20.5. The second-order valence-corrected chi connectivity index (χ2v) is 8.17. The number of aryl methyl sites for hydroxylation is 2. The molecule has 0 aliphatic carbocycles. The minimum absolute atomic E-state index is 0.0552. The van der Waals surface area contributed by atoms with Crippen molar-refractivity contribution >= 4 is 34.2 Å². The van der Waals surface area contributed by atoms with Crippen LogP contribution in [0.15, 0.2) is 78.9 Å². The number of carbonyl (C=O) groups is 1. The van der Waals surface area contributed by atoms with E-state index in [1.165, 1.54) is 5.56 Å². The number of amides is 1. The molecule has 0 unspecified atom stereocenters. The maximum absolute atomic E-state index is 12.8. The van der Waals surface area contributed by atoms with E-state index < -0.39 is 0 Å². The Morgan fingerprint density at radius 2 is 1.77 bits per heavy atom. The Bertz CT molecular complexity index is 1200. The molecule has 0 spiro atoms. The van der Waals surface area contributed by atoms with Gasteiger partial charge in [-0.3, -0.25) is 4.79 Å². The molecule has 0 bridgehead atoms. The minimum atomic E-state index is 0.0552. The topological polar surface area (TPSA) is 38.1 Å². The van der Waals surface area contributed by atoms with E-state index in [-0.39, 0.29) is 11.8 Å². The Hall–Kier alpha value is -3.11. The Kier molecular flexibility index (Phi) is 5.01. The number of hydrogen-bond acceptors (Lipinski definition) is 2. The summed E-state index contributed by atoms with van der Waals surface area (Å²) >= 11 is 6.15. The zero-order valence-corrected chi connectivity index (χ0v) is 17.3. The van der Waals surface area contributed by atoms with Gasteiger partial charge in [0.15, 0.2) is 0 Å². The third-order valence-electron chi connectivity index (χ3n) is 5.76. The Morgan fingerprint density at radius 3 is 2.60 bits per heavy atom. The van der Waals surface area contributed by atoms with E-state index in [9.17, 15) is 4.79 Å². The van der Waals surface area contributed by atoms with E-state index in [1.807, 2.05) is 53.4 Å². The smallest absolute Gasteiger partial charge is 0.227 e. The fourth-order valence-electron chi connectivity index (χ4n) is 4.30. The molecule has 1 amide bonds. The monoisotopic (exact) mass is 415 g/mol. The molecular weight excluding hydrogens is 394 g/mol. The van der Waals surface area contributed by atoms with Gasteiger partial charge in [0.25, 0.3) is 0 Å². The van der Waals surface area contributed by atoms with Crippen molar-refractivity contribution in [2.45, 2.75) is 25.3 Å². The fraction of sp³-hybridized carbons (Fsp3) is 0.200. The summed E-state index contributed by atoms with van der Waals surface area (Å²) in [5.74, 6) is 1.16. The number of carbonyl (C=O) groups excluding carboxylic acids is 1. The predicted octanol–water partition coefficient (Wildman–Crippen LogP) is 5.45. The van der Waals surface area contributed by atoms with E-state index in [2.05, 4.69) is 34.9 Å². The molecular formula is C25H22ClN3O. The molecule has 30 heavy (non-hydrogen) atoms. The third kappa shape index (κ3) is 3.59. The van der Waals surface area contributed by atoms with Crippen LogP contribution in [0, 0.1) is 0 Å². The maximum Gasteiger partial charge on any atom is 0.227 e. The lowest BCUT2D eigenvalue weighted by Crippen LogP contribution is -2.24. The molecule has 5 rings (SSSR count). The van der Waals surface area contributed by atoms with Gasteiger partial charge in [-0.1, -0.05) is 60.1 Å². The number of rotatable bonds is 5. The second kappa shape index (κ2) is 7.96. The molecule has 0 saturated carbocycles. The van der Waals surface area contributed by atoms with Gasteiger partial charge in [0, 0.05) is 36.1 Å². The Labute approximate surface area is 180 Å². The van der Waals surface area contributed by atoms with Crippen LogP contribution in [0.1, 0.15) is 23.7 Å². The van der Waals surface area contributed by atoms with Crippen molar-refractivity contribution in [1.82, 2.24) is 9.55 Å². The molecule has 1 aliphatic heterocycles. The van der Waals surface area contributed by atoms with Gasteiger partial charge in [0.1, 0.15) is 5.82 Å². The predicted molar refractivity (Wildman–Crippen MR) is 121 cm³/mol. The van der Waals surface area contributed by atoms with Crippen molar-refractivity contribution in [1.29, 1.82) is 0 Å². The third-order valence-corrected chi connectivity index (χ3v) is 6.00. The van der Waals surface area contributed by atoms with Crippen LogP contribution in [-0.2, 0) is 17.8 Å². The van der Waals surface area contributed by atoms with Crippen LogP contribution in [0.25, 0.3) is 11.0 Å². The second-order valence-electron chi connectivity index (χ2n) is 7.73. The van der Waals surface area contributed by atoms with Gasteiger partial charge in [-0.2, -0.15) is 0 Å². The summed E-state index contributed by atoms with van der Waals surface area (Å²) in [6, 6.07) is 26.2. The van der Waals surface area contributed by atoms with Crippen LogP contribution in [0.5, 0.6) is 0 Å². The number of nitrogens with zero attached hydrogens (tertiary/aromatic N) is 3. The number of benzene rings is 3. The van der Waals surface area contributed by atoms with Crippen molar-refractivity contribution in [2.75, 3.05) is 11.4 Å². The van der Waals surface area contributed by atoms with Crippen LogP contribution in [0.4, 0.5) is 5.69 Å². The number of halogens is 1. The van der Waals surface area contributed by atoms with Gasteiger partial charge in [-0.25, -0.2) is 4.98 Å². The van der Waals surface area contributed by atoms with Crippen molar-refractivity contribution < 1.29 is 4.79 Å². The van der Waals surface area contributed by atoms with E-state index in [1.54, 1.807) is 0 Å². The first-order valence-electron chi connectivity index (χ1n) is 10.2. The highest BCUT2D eigenvalue weighted by molar-refractivity contribution is 6.30. The molecule has 1 atom stereocenters. The normalized spacial score (nSPS) is 16.5. The minimum Gasteiger partial charge on any atom is -0.327 e. The standard InChI is InChI=1S/C25H22ClN3O/c26-20-9-6-10-21(16-20)29-17-19(15-24(29)30)25-27-22-11-4-5-12-23(22)28(25)14-13-18-7-2-1-3-8-18/h1-12,16,19H,13-15,17H2/t19-/m0/s1. The van der Waals surface area contributed by atoms with E-state index >= 15 is 0 Å². The van der Waals surface area contributed by atoms with E-state index in [4.69, 9.17) is 16.6 Å². The average molecular weight is 416 g/mol. The molecule has 3 aromatic carbocycles. The molecule has 150 valence electrons. The molecule has 1 aliphatic rings. The number of anilines is 1. The van der Waals surface area contributed by atoms with Crippen LogP contribution >= 0.6 is 11.6 Å². The molecule has 0 N–H and O–H groups in total. The zero-order valence-electron chi connectivity index (χ0n) is 16.5. The molecule has 4 nitrogen and oxygen atoms in total. The lowest BCUT2D eigenvalue weighted by molar-refractivity contribution is -0.117. The van der Waals surface area contributed by atoms with Crippen LogP contribution in [0.3, 0.4) is 0 Å². The van der Waals surface area contributed by atoms with Gasteiger partial charge in [-0.05, 0) is 42.3 Å². The molecule has 0 radical (unpaired) electrons. The highest BCUT2D eigenvalue weighted by Gasteiger charge is 2.34. The number of para-hydroxylation sites is 2. The van der Waals surface area contributed by atoms with Crippen molar-refractivity contribution in [3.05, 3.63) is 95.3 Å². The van der Waals surface area contributed by atoms with Gasteiger partial charge in [0.2, 0.25) is 5.91 Å². The highest BCUT2D eigenvalue weighted by atomic mass is 35.5. The lowest BCUT2D eigenvalue weighted by Gasteiger charge is -2.17. The van der Waals surface area contributed by atoms with Gasteiger partial charge < -0.3 is 9.47 Å². The molecule has 1 aromatic heterocycles. The quantitative estimate of drug-likeness (QED) is 0.434. The van der Waals surface area contributed by atoms with E-state index in [0.29, 0.717) is 18.0 Å². The molecule has 1 saturated heterocycles. The SMILES string of the molecule is O=C1C[C@H](c2nc3ccccc3n2CCc2ccccc2)CN1c1cccc(Cl)c1.